The molecule has 25 heavy (non-hydrogen) atoms. The van der Waals surface area contributed by atoms with Gasteiger partial charge in [-0.25, -0.2) is 0 Å². The van der Waals surface area contributed by atoms with Crippen LogP contribution in [0.4, 0.5) is 5.69 Å². The number of benzene rings is 1. The van der Waals surface area contributed by atoms with Crippen LogP contribution in [0.2, 0.25) is 0 Å². The number of nitrogens with one attached hydrogen (secondary N) is 1. The first-order valence-corrected chi connectivity index (χ1v) is 9.61. The van der Waals surface area contributed by atoms with Crippen LogP contribution in [-0.4, -0.2) is 36.2 Å². The number of nitrogens with two attached hydrogens (primary N) is 1. The number of anilines is 1. The molecule has 0 spiro atoms. The molecule has 3 unspecified atom stereocenters. The van der Waals surface area contributed by atoms with Gasteiger partial charge in [0.2, 0.25) is 5.91 Å². The van der Waals surface area contributed by atoms with Crippen LogP contribution in [0.15, 0.2) is 24.3 Å². The Hall–Kier alpha value is -1.59. The Morgan fingerprint density at radius 3 is 2.52 bits per heavy atom. The molecule has 1 saturated carbocycles. The molecule has 138 valence electrons. The lowest BCUT2D eigenvalue weighted by Gasteiger charge is -2.32. The zero-order chi connectivity index (χ0) is 17.8. The first-order chi connectivity index (χ1) is 12.0. The van der Waals surface area contributed by atoms with E-state index in [-0.39, 0.29) is 24.0 Å². The van der Waals surface area contributed by atoms with Crippen molar-refractivity contribution < 1.29 is 9.90 Å². The maximum Gasteiger partial charge on any atom is 0.220 e. The summed E-state index contributed by atoms with van der Waals surface area (Å²) in [6, 6.07) is 9.36. The molecule has 5 nitrogen and oxygen atoms in total. The van der Waals surface area contributed by atoms with E-state index in [1.165, 1.54) is 11.3 Å². The summed E-state index contributed by atoms with van der Waals surface area (Å²) < 4.78 is 0. The highest BCUT2D eigenvalue weighted by Crippen LogP contribution is 2.27. The molecule has 1 amide bonds. The number of carbonyl (C=O) groups excluding carboxylic acids is 1. The molecule has 3 rings (SSSR count). The van der Waals surface area contributed by atoms with E-state index in [1.807, 2.05) is 0 Å². The van der Waals surface area contributed by atoms with Gasteiger partial charge in [-0.3, -0.25) is 4.79 Å². The van der Waals surface area contributed by atoms with Crippen LogP contribution >= 0.6 is 0 Å². The number of amides is 1. The molecule has 1 aromatic rings. The Kier molecular flexibility index (Phi) is 5.97. The zero-order valence-corrected chi connectivity index (χ0v) is 15.2. The fourth-order valence-corrected chi connectivity index (χ4v) is 4.15. The average molecular weight is 345 g/mol. The number of hydrogen-bond acceptors (Lipinski definition) is 4. The van der Waals surface area contributed by atoms with Crippen molar-refractivity contribution in [3.8, 4) is 0 Å². The highest BCUT2D eigenvalue weighted by Gasteiger charge is 2.26. The molecule has 1 aliphatic heterocycles. The molecule has 0 radical (unpaired) electrons. The molecule has 1 heterocycles. The summed E-state index contributed by atoms with van der Waals surface area (Å²) in [4.78, 5) is 13.8. The monoisotopic (exact) mass is 345 g/mol. The van der Waals surface area contributed by atoms with Crippen LogP contribution in [0.5, 0.6) is 0 Å². The average Bonchev–Trinajstić information content (AvgIpc) is 2.63. The Morgan fingerprint density at radius 2 is 1.88 bits per heavy atom. The van der Waals surface area contributed by atoms with Crippen molar-refractivity contribution in [2.24, 2.45) is 11.7 Å². The van der Waals surface area contributed by atoms with Gasteiger partial charge in [0.1, 0.15) is 0 Å². The van der Waals surface area contributed by atoms with E-state index in [0.717, 1.165) is 51.6 Å². The second-order valence-corrected chi connectivity index (χ2v) is 7.66. The molecule has 4 N–H and O–H groups in total. The molecule has 0 bridgehead atoms. The Morgan fingerprint density at radius 1 is 1.20 bits per heavy atom. The Balaban J connectivity index is 1.55. The first kappa shape index (κ1) is 18.2. The van der Waals surface area contributed by atoms with E-state index < -0.39 is 0 Å². The Labute approximate surface area is 150 Å². The third-order valence-electron chi connectivity index (χ3n) is 5.78. The van der Waals surface area contributed by atoms with E-state index in [4.69, 9.17) is 5.73 Å². The molecule has 0 aromatic heterocycles. The molecule has 5 heteroatoms. The number of nitrogens with zero attached hydrogens (tertiary/aromatic N) is 1. The van der Waals surface area contributed by atoms with Crippen molar-refractivity contribution in [3.05, 3.63) is 29.8 Å². The van der Waals surface area contributed by atoms with Gasteiger partial charge in [-0.1, -0.05) is 18.6 Å². The van der Waals surface area contributed by atoms with Gasteiger partial charge in [0, 0.05) is 36.8 Å². The van der Waals surface area contributed by atoms with Crippen LogP contribution in [0.25, 0.3) is 0 Å². The van der Waals surface area contributed by atoms with Crippen LogP contribution in [0.1, 0.15) is 57.1 Å². The molecular weight excluding hydrogens is 314 g/mol. The lowest BCUT2D eigenvalue weighted by atomic mass is 9.85. The standard InChI is InChI=1S/C20H31N3O2/c1-14(22-17-4-2-3-16(13-17)20(21)25)15-5-7-18(8-6-15)23-11-9-19(24)10-12-23/h5-8,14,16-17,19,22,24H,2-4,9-13H2,1H3,(H2,21,25). The molecule has 1 saturated heterocycles. The topological polar surface area (TPSA) is 78.6 Å². The molecule has 3 atom stereocenters. The minimum absolute atomic E-state index is 0.0234. The lowest BCUT2D eigenvalue weighted by Crippen LogP contribution is -2.39. The van der Waals surface area contributed by atoms with Crippen molar-refractivity contribution >= 4 is 11.6 Å². The number of aliphatic hydroxyl groups excluding tert-OH is 1. The quantitative estimate of drug-likeness (QED) is 0.765. The molecule has 1 aromatic carbocycles. The second-order valence-electron chi connectivity index (χ2n) is 7.66. The van der Waals surface area contributed by atoms with Crippen molar-refractivity contribution in [1.82, 2.24) is 5.32 Å². The summed E-state index contributed by atoms with van der Waals surface area (Å²) >= 11 is 0. The summed E-state index contributed by atoms with van der Waals surface area (Å²) in [5, 5.41) is 13.3. The summed E-state index contributed by atoms with van der Waals surface area (Å²) in [5.74, 6) is -0.134. The number of carbonyl (C=O) groups is 1. The normalized spacial score (nSPS) is 26.4. The van der Waals surface area contributed by atoms with E-state index in [9.17, 15) is 9.90 Å². The highest BCUT2D eigenvalue weighted by molar-refractivity contribution is 5.76. The maximum atomic E-state index is 11.4. The largest absolute Gasteiger partial charge is 0.393 e. The molecular formula is C20H31N3O2. The van der Waals surface area contributed by atoms with Gasteiger partial charge in [0.15, 0.2) is 0 Å². The van der Waals surface area contributed by atoms with Gasteiger partial charge in [-0.05, 0) is 56.7 Å². The summed E-state index contributed by atoms with van der Waals surface area (Å²) in [6.45, 7) is 4.02. The van der Waals surface area contributed by atoms with E-state index in [2.05, 4.69) is 41.4 Å². The van der Waals surface area contributed by atoms with Crippen LogP contribution in [-0.2, 0) is 4.79 Å². The van der Waals surface area contributed by atoms with Gasteiger partial charge in [-0.15, -0.1) is 0 Å². The maximum absolute atomic E-state index is 11.4. The predicted octanol–water partition coefficient (Wildman–Crippen LogP) is 2.34. The van der Waals surface area contributed by atoms with Gasteiger partial charge >= 0.3 is 0 Å². The summed E-state index contributed by atoms with van der Waals surface area (Å²) in [7, 11) is 0. The zero-order valence-electron chi connectivity index (χ0n) is 15.2. The van der Waals surface area contributed by atoms with Crippen molar-refractivity contribution in [2.45, 2.75) is 63.6 Å². The number of hydrogen-bond donors (Lipinski definition) is 3. The number of rotatable bonds is 5. The first-order valence-electron chi connectivity index (χ1n) is 9.61. The number of primary amides is 1. The fourth-order valence-electron chi connectivity index (χ4n) is 4.15. The Bertz CT molecular complexity index is 567. The van der Waals surface area contributed by atoms with Gasteiger partial charge in [0.25, 0.3) is 0 Å². The van der Waals surface area contributed by atoms with Gasteiger partial charge in [-0.2, -0.15) is 0 Å². The third kappa shape index (κ3) is 4.73. The third-order valence-corrected chi connectivity index (χ3v) is 5.78. The molecule has 2 fully saturated rings. The van der Waals surface area contributed by atoms with Crippen molar-refractivity contribution in [3.63, 3.8) is 0 Å². The molecule has 1 aliphatic carbocycles. The SMILES string of the molecule is CC(NC1CCCC(C(N)=O)C1)c1ccc(N2CCC(O)CC2)cc1. The van der Waals surface area contributed by atoms with Crippen LogP contribution in [0.3, 0.4) is 0 Å². The van der Waals surface area contributed by atoms with E-state index in [0.29, 0.717) is 6.04 Å². The minimum Gasteiger partial charge on any atom is -0.393 e. The van der Waals surface area contributed by atoms with Crippen molar-refractivity contribution in [2.75, 3.05) is 18.0 Å². The highest BCUT2D eigenvalue weighted by atomic mass is 16.3. The van der Waals surface area contributed by atoms with Gasteiger partial charge < -0.3 is 21.1 Å². The second kappa shape index (κ2) is 8.19. The molecule has 2 aliphatic rings. The van der Waals surface area contributed by atoms with Crippen LogP contribution in [0, 0.1) is 5.92 Å². The summed E-state index contributed by atoms with van der Waals surface area (Å²) in [6.07, 6.45) is 5.53. The lowest BCUT2D eigenvalue weighted by molar-refractivity contribution is -0.122. The summed E-state index contributed by atoms with van der Waals surface area (Å²) in [5.41, 5.74) is 7.98. The van der Waals surface area contributed by atoms with Crippen molar-refractivity contribution in [1.29, 1.82) is 0 Å². The van der Waals surface area contributed by atoms with Crippen LogP contribution < -0.4 is 16.0 Å². The number of piperidine rings is 1. The van der Waals surface area contributed by atoms with Gasteiger partial charge in [0.05, 0.1) is 6.10 Å². The van der Waals surface area contributed by atoms with E-state index in [1.54, 1.807) is 0 Å². The number of aliphatic hydroxyl groups is 1. The fraction of sp³-hybridized carbons (Fsp3) is 0.650. The minimum atomic E-state index is -0.157. The van der Waals surface area contributed by atoms with E-state index >= 15 is 0 Å². The smallest absolute Gasteiger partial charge is 0.220 e. The predicted molar refractivity (Wildman–Crippen MR) is 100 cm³/mol.